The Morgan fingerprint density at radius 3 is 2.62 bits per heavy atom. The van der Waals surface area contributed by atoms with Gasteiger partial charge in [0.15, 0.2) is 0 Å². The molecule has 4 heteroatoms. The second kappa shape index (κ2) is 4.97. The van der Waals surface area contributed by atoms with E-state index in [-0.39, 0.29) is 12.0 Å². The number of ether oxygens (including phenoxy) is 1. The molecule has 0 aliphatic carbocycles. The zero-order valence-corrected chi connectivity index (χ0v) is 10.7. The Hall–Kier alpha value is -0.870. The highest BCUT2D eigenvalue weighted by atomic mass is 79.9. The van der Waals surface area contributed by atoms with Crippen LogP contribution < -0.4 is 4.90 Å². The number of nitrogens with zero attached hydrogens (tertiary/aromatic N) is 1. The highest BCUT2D eigenvalue weighted by Gasteiger charge is 2.31. The van der Waals surface area contributed by atoms with E-state index in [0.717, 1.165) is 17.4 Å². The van der Waals surface area contributed by atoms with Crippen molar-refractivity contribution in [2.75, 3.05) is 11.6 Å². The summed E-state index contributed by atoms with van der Waals surface area (Å²) in [6, 6.07) is 7.93. The Bertz CT molecular complexity index is 377. The summed E-state index contributed by atoms with van der Waals surface area (Å²) in [4.78, 5) is 13.6. The fourth-order valence-corrected chi connectivity index (χ4v) is 2.11. The predicted octanol–water partition coefficient (Wildman–Crippen LogP) is 2.68. The molecule has 2 rings (SSSR count). The third kappa shape index (κ3) is 2.13. The molecule has 1 saturated heterocycles. The molecule has 0 N–H and O–H groups in total. The van der Waals surface area contributed by atoms with Crippen molar-refractivity contribution in [1.82, 2.24) is 0 Å². The zero-order chi connectivity index (χ0) is 11.5. The molecule has 0 radical (unpaired) electrons. The normalized spacial score (nSPS) is 20.5. The average molecular weight is 284 g/mol. The van der Waals surface area contributed by atoms with Crippen molar-refractivity contribution in [3.63, 3.8) is 0 Å². The largest absolute Gasteiger partial charge is 0.348 e. The standard InChI is InChI=1S/C12H14BrNO2/c1-2-11-12(15)14(8-16-11)10-5-3-9(7-13)4-6-10/h3-6,11H,2,7-8H2,1H3. The first kappa shape index (κ1) is 11.6. The van der Waals surface area contributed by atoms with E-state index in [1.807, 2.05) is 31.2 Å². The predicted molar refractivity (Wildman–Crippen MR) is 66.6 cm³/mol. The number of hydrogen-bond acceptors (Lipinski definition) is 2. The minimum atomic E-state index is -0.268. The van der Waals surface area contributed by atoms with E-state index in [9.17, 15) is 4.79 Å². The smallest absolute Gasteiger partial charge is 0.258 e. The Kier molecular flexibility index (Phi) is 3.61. The molecule has 0 aromatic heterocycles. The van der Waals surface area contributed by atoms with E-state index in [1.165, 1.54) is 5.56 Å². The Morgan fingerprint density at radius 1 is 1.44 bits per heavy atom. The van der Waals surface area contributed by atoms with E-state index in [0.29, 0.717) is 6.73 Å². The van der Waals surface area contributed by atoms with Crippen LogP contribution in [-0.2, 0) is 14.9 Å². The van der Waals surface area contributed by atoms with Crippen molar-refractivity contribution < 1.29 is 9.53 Å². The van der Waals surface area contributed by atoms with Gasteiger partial charge in [0.2, 0.25) is 0 Å². The maximum absolute atomic E-state index is 11.9. The third-order valence-electron chi connectivity index (χ3n) is 2.72. The van der Waals surface area contributed by atoms with E-state index < -0.39 is 0 Å². The number of alkyl halides is 1. The maximum atomic E-state index is 11.9. The minimum Gasteiger partial charge on any atom is -0.348 e. The molecule has 1 aromatic rings. The SMILES string of the molecule is CCC1OCN(c2ccc(CBr)cc2)C1=O. The molecule has 1 heterocycles. The lowest BCUT2D eigenvalue weighted by Gasteiger charge is -2.14. The van der Waals surface area contributed by atoms with Gasteiger partial charge in [-0.25, -0.2) is 0 Å². The molecule has 1 fully saturated rings. The fourth-order valence-electron chi connectivity index (χ4n) is 1.73. The lowest BCUT2D eigenvalue weighted by Crippen LogP contribution is -2.28. The molecule has 0 saturated carbocycles. The van der Waals surface area contributed by atoms with Crippen molar-refractivity contribution in [2.24, 2.45) is 0 Å². The molecule has 16 heavy (non-hydrogen) atoms. The minimum absolute atomic E-state index is 0.0640. The molecule has 1 aliphatic heterocycles. The molecule has 1 amide bonds. The van der Waals surface area contributed by atoms with Crippen LogP contribution in [0.25, 0.3) is 0 Å². The van der Waals surface area contributed by atoms with Gasteiger partial charge in [0, 0.05) is 11.0 Å². The van der Waals surface area contributed by atoms with Crippen molar-refractivity contribution in [3.8, 4) is 0 Å². The van der Waals surface area contributed by atoms with Crippen LogP contribution >= 0.6 is 15.9 Å². The average Bonchev–Trinajstić information content (AvgIpc) is 2.70. The molecule has 1 atom stereocenters. The Labute approximate surface area is 104 Å². The quantitative estimate of drug-likeness (QED) is 0.799. The van der Waals surface area contributed by atoms with Crippen molar-refractivity contribution in [3.05, 3.63) is 29.8 Å². The number of carbonyl (C=O) groups is 1. The fraction of sp³-hybridized carbons (Fsp3) is 0.417. The number of hydrogen-bond donors (Lipinski definition) is 0. The zero-order valence-electron chi connectivity index (χ0n) is 9.15. The molecule has 86 valence electrons. The summed E-state index contributed by atoms with van der Waals surface area (Å²) in [6.07, 6.45) is 0.463. The first-order valence-electron chi connectivity index (χ1n) is 5.34. The number of anilines is 1. The highest BCUT2D eigenvalue weighted by molar-refractivity contribution is 9.08. The van der Waals surface area contributed by atoms with Crippen LogP contribution in [0.15, 0.2) is 24.3 Å². The number of carbonyl (C=O) groups excluding carboxylic acids is 1. The van der Waals surface area contributed by atoms with Crippen LogP contribution in [-0.4, -0.2) is 18.7 Å². The lowest BCUT2D eigenvalue weighted by atomic mass is 10.2. The monoisotopic (exact) mass is 283 g/mol. The van der Waals surface area contributed by atoms with Gasteiger partial charge in [0.25, 0.3) is 5.91 Å². The Morgan fingerprint density at radius 2 is 2.12 bits per heavy atom. The van der Waals surface area contributed by atoms with Gasteiger partial charge in [-0.15, -0.1) is 0 Å². The second-order valence-corrected chi connectivity index (χ2v) is 4.32. The molecule has 0 bridgehead atoms. The van der Waals surface area contributed by atoms with Crippen LogP contribution in [0.4, 0.5) is 5.69 Å². The molecule has 1 aromatic carbocycles. The summed E-state index contributed by atoms with van der Waals surface area (Å²) >= 11 is 3.39. The molecule has 0 spiro atoms. The summed E-state index contributed by atoms with van der Waals surface area (Å²) in [6.45, 7) is 2.32. The lowest BCUT2D eigenvalue weighted by molar-refractivity contribution is -0.122. The first-order chi connectivity index (χ1) is 7.76. The van der Waals surface area contributed by atoms with E-state index >= 15 is 0 Å². The summed E-state index contributed by atoms with van der Waals surface area (Å²) in [5.74, 6) is 0.0640. The van der Waals surface area contributed by atoms with Gasteiger partial charge < -0.3 is 4.74 Å². The van der Waals surface area contributed by atoms with Gasteiger partial charge in [-0.2, -0.15) is 0 Å². The molecule has 1 unspecified atom stereocenters. The summed E-state index contributed by atoms with van der Waals surface area (Å²) in [7, 11) is 0. The number of benzene rings is 1. The second-order valence-electron chi connectivity index (χ2n) is 3.76. The van der Waals surface area contributed by atoms with Crippen molar-refractivity contribution >= 4 is 27.5 Å². The first-order valence-corrected chi connectivity index (χ1v) is 6.46. The number of rotatable bonds is 3. The van der Waals surface area contributed by atoms with Gasteiger partial charge in [-0.3, -0.25) is 9.69 Å². The van der Waals surface area contributed by atoms with E-state index in [4.69, 9.17) is 4.74 Å². The summed E-state index contributed by atoms with van der Waals surface area (Å²) < 4.78 is 5.41. The molecule has 1 aliphatic rings. The van der Waals surface area contributed by atoms with Crippen LogP contribution in [0, 0.1) is 0 Å². The van der Waals surface area contributed by atoms with Gasteiger partial charge in [0.1, 0.15) is 12.8 Å². The van der Waals surface area contributed by atoms with E-state index in [1.54, 1.807) is 4.90 Å². The van der Waals surface area contributed by atoms with Gasteiger partial charge in [0.05, 0.1) is 0 Å². The molecule has 3 nitrogen and oxygen atoms in total. The topological polar surface area (TPSA) is 29.5 Å². The number of halogens is 1. The van der Waals surface area contributed by atoms with Crippen LogP contribution in [0.1, 0.15) is 18.9 Å². The summed E-state index contributed by atoms with van der Waals surface area (Å²) in [5, 5.41) is 0.829. The van der Waals surface area contributed by atoms with Crippen molar-refractivity contribution in [2.45, 2.75) is 24.8 Å². The summed E-state index contributed by atoms with van der Waals surface area (Å²) in [5.41, 5.74) is 2.11. The van der Waals surface area contributed by atoms with Gasteiger partial charge in [-0.1, -0.05) is 35.0 Å². The molecular formula is C12H14BrNO2. The van der Waals surface area contributed by atoms with Crippen LogP contribution in [0.3, 0.4) is 0 Å². The van der Waals surface area contributed by atoms with Crippen LogP contribution in [0.2, 0.25) is 0 Å². The van der Waals surface area contributed by atoms with Crippen molar-refractivity contribution in [1.29, 1.82) is 0 Å². The number of amides is 1. The van der Waals surface area contributed by atoms with E-state index in [2.05, 4.69) is 15.9 Å². The Balaban J connectivity index is 2.16. The maximum Gasteiger partial charge on any atom is 0.258 e. The third-order valence-corrected chi connectivity index (χ3v) is 3.37. The highest BCUT2D eigenvalue weighted by Crippen LogP contribution is 2.23. The van der Waals surface area contributed by atoms with Crippen LogP contribution in [0.5, 0.6) is 0 Å². The van der Waals surface area contributed by atoms with Gasteiger partial charge >= 0.3 is 0 Å². The molecular weight excluding hydrogens is 270 g/mol. The van der Waals surface area contributed by atoms with Gasteiger partial charge in [-0.05, 0) is 24.1 Å².